The molecular weight excluding hydrogens is 412 g/mol. The van der Waals surface area contributed by atoms with E-state index >= 15 is 0 Å². The fourth-order valence-corrected chi connectivity index (χ4v) is 3.32. The number of methoxy groups -OCH3 is 3. The maximum absolute atomic E-state index is 12.9. The Labute approximate surface area is 183 Å². The van der Waals surface area contributed by atoms with Crippen molar-refractivity contribution in [3.05, 3.63) is 71.3 Å². The molecule has 0 spiro atoms. The molecule has 32 heavy (non-hydrogen) atoms. The highest BCUT2D eigenvalue weighted by molar-refractivity contribution is 5.91. The quantitative estimate of drug-likeness (QED) is 0.481. The lowest BCUT2D eigenvalue weighted by Crippen LogP contribution is -2.28. The number of carbonyl (C=O) groups is 1. The third kappa shape index (κ3) is 4.13. The largest absolute Gasteiger partial charge is 0.497 e. The first kappa shape index (κ1) is 21.0. The van der Waals surface area contributed by atoms with E-state index in [1.807, 2.05) is 24.3 Å². The average Bonchev–Trinajstić information content (AvgIpc) is 3.26. The standard InChI is InChI=1S/C23H22N4O5/c1-30-17-7-4-15(5-8-17)18-13-19-23(29)26(10-11-27(19)25-18)14-22(28)24-16-6-9-20(31-2)21(12-16)32-3/h4-13H,14H2,1-3H3,(H,24,28). The number of hydrogen-bond donors (Lipinski definition) is 1. The predicted octanol–water partition coefficient (Wildman–Crippen LogP) is 2.83. The minimum Gasteiger partial charge on any atom is -0.497 e. The van der Waals surface area contributed by atoms with Crippen molar-refractivity contribution in [1.29, 1.82) is 0 Å². The number of carbonyl (C=O) groups excluding carboxylic acids is 1. The number of rotatable bonds is 7. The summed E-state index contributed by atoms with van der Waals surface area (Å²) < 4.78 is 18.5. The molecule has 4 rings (SSSR count). The summed E-state index contributed by atoms with van der Waals surface area (Å²) in [5.74, 6) is 1.44. The van der Waals surface area contributed by atoms with Crippen LogP contribution in [-0.2, 0) is 11.3 Å². The molecule has 0 unspecified atom stereocenters. The molecule has 0 atom stereocenters. The van der Waals surface area contributed by atoms with Gasteiger partial charge in [-0.2, -0.15) is 5.10 Å². The summed E-state index contributed by atoms with van der Waals surface area (Å²) in [7, 11) is 4.66. The first-order valence-electron chi connectivity index (χ1n) is 9.77. The van der Waals surface area contributed by atoms with E-state index in [4.69, 9.17) is 14.2 Å². The number of hydrogen-bond acceptors (Lipinski definition) is 6. The summed E-state index contributed by atoms with van der Waals surface area (Å²) in [6.45, 7) is -0.146. The molecular formula is C23H22N4O5. The van der Waals surface area contributed by atoms with Crippen LogP contribution in [0.2, 0.25) is 0 Å². The Morgan fingerprint density at radius 3 is 2.38 bits per heavy atom. The van der Waals surface area contributed by atoms with Gasteiger partial charge in [0.05, 0.1) is 27.0 Å². The molecule has 164 valence electrons. The Hall–Kier alpha value is -4.27. The molecule has 1 N–H and O–H groups in total. The van der Waals surface area contributed by atoms with Crippen molar-refractivity contribution in [2.24, 2.45) is 0 Å². The highest BCUT2D eigenvalue weighted by Gasteiger charge is 2.12. The Balaban J connectivity index is 1.55. The topological polar surface area (TPSA) is 96.1 Å². The van der Waals surface area contributed by atoms with Crippen molar-refractivity contribution in [3.8, 4) is 28.5 Å². The number of fused-ring (bicyclic) bond motifs is 1. The van der Waals surface area contributed by atoms with Crippen molar-refractivity contribution in [3.63, 3.8) is 0 Å². The minimum atomic E-state index is -0.349. The van der Waals surface area contributed by atoms with Crippen LogP contribution in [0.1, 0.15) is 0 Å². The van der Waals surface area contributed by atoms with Crippen LogP contribution >= 0.6 is 0 Å². The number of benzene rings is 2. The SMILES string of the molecule is COc1ccc(-c2cc3c(=O)n(CC(=O)Nc4ccc(OC)c(OC)c4)ccn3n2)cc1. The van der Waals surface area contributed by atoms with E-state index < -0.39 is 0 Å². The highest BCUT2D eigenvalue weighted by Crippen LogP contribution is 2.29. The van der Waals surface area contributed by atoms with Crippen molar-refractivity contribution in [1.82, 2.24) is 14.2 Å². The molecule has 2 aromatic carbocycles. The summed E-state index contributed by atoms with van der Waals surface area (Å²) in [5.41, 5.74) is 2.09. The molecule has 0 bridgehead atoms. The van der Waals surface area contributed by atoms with Crippen LogP contribution in [0.25, 0.3) is 16.8 Å². The van der Waals surface area contributed by atoms with Gasteiger partial charge in [-0.1, -0.05) is 0 Å². The van der Waals surface area contributed by atoms with Crippen LogP contribution in [0, 0.1) is 0 Å². The van der Waals surface area contributed by atoms with Crippen molar-refractivity contribution >= 4 is 17.1 Å². The maximum Gasteiger partial charge on any atom is 0.277 e. The molecule has 4 aromatic rings. The molecule has 0 aliphatic heterocycles. The van der Waals surface area contributed by atoms with E-state index in [2.05, 4.69) is 10.4 Å². The van der Waals surface area contributed by atoms with Crippen LogP contribution < -0.4 is 25.1 Å². The van der Waals surface area contributed by atoms with E-state index in [1.165, 1.54) is 29.5 Å². The molecule has 0 aliphatic rings. The van der Waals surface area contributed by atoms with Gasteiger partial charge in [-0.25, -0.2) is 4.52 Å². The number of nitrogens with one attached hydrogen (secondary N) is 1. The van der Waals surface area contributed by atoms with E-state index in [0.717, 1.165) is 11.3 Å². The molecule has 9 heteroatoms. The van der Waals surface area contributed by atoms with E-state index in [1.54, 1.807) is 37.6 Å². The lowest BCUT2D eigenvalue weighted by atomic mass is 10.1. The molecule has 1 amide bonds. The highest BCUT2D eigenvalue weighted by atomic mass is 16.5. The van der Waals surface area contributed by atoms with Gasteiger partial charge in [0.2, 0.25) is 5.91 Å². The zero-order valence-electron chi connectivity index (χ0n) is 17.9. The summed E-state index contributed by atoms with van der Waals surface area (Å²) in [5, 5.41) is 7.22. The van der Waals surface area contributed by atoms with Gasteiger partial charge in [0.1, 0.15) is 17.8 Å². The van der Waals surface area contributed by atoms with Gasteiger partial charge in [0, 0.05) is 29.7 Å². The summed E-state index contributed by atoms with van der Waals surface area (Å²) >= 11 is 0. The van der Waals surface area contributed by atoms with Gasteiger partial charge in [-0.3, -0.25) is 9.59 Å². The van der Waals surface area contributed by atoms with Crippen molar-refractivity contribution in [2.45, 2.75) is 6.54 Å². The first-order valence-corrected chi connectivity index (χ1v) is 9.77. The van der Waals surface area contributed by atoms with Gasteiger partial charge < -0.3 is 24.1 Å². The number of nitrogens with zero attached hydrogens (tertiary/aromatic N) is 3. The maximum atomic E-state index is 12.9. The van der Waals surface area contributed by atoms with Gasteiger partial charge >= 0.3 is 0 Å². The first-order chi connectivity index (χ1) is 15.5. The van der Waals surface area contributed by atoms with Crippen LogP contribution in [0.4, 0.5) is 5.69 Å². The molecule has 2 heterocycles. The van der Waals surface area contributed by atoms with E-state index in [9.17, 15) is 9.59 Å². The molecule has 0 radical (unpaired) electrons. The van der Waals surface area contributed by atoms with Crippen molar-refractivity contribution in [2.75, 3.05) is 26.6 Å². The van der Waals surface area contributed by atoms with Crippen LogP contribution in [0.5, 0.6) is 17.2 Å². The fraction of sp³-hybridized carbons (Fsp3) is 0.174. The van der Waals surface area contributed by atoms with Crippen LogP contribution in [0.3, 0.4) is 0 Å². The molecule has 2 aromatic heterocycles. The zero-order valence-corrected chi connectivity index (χ0v) is 17.9. The molecule has 0 saturated carbocycles. The summed E-state index contributed by atoms with van der Waals surface area (Å²) in [6, 6.07) is 14.1. The molecule has 9 nitrogen and oxygen atoms in total. The van der Waals surface area contributed by atoms with Crippen molar-refractivity contribution < 1.29 is 19.0 Å². The van der Waals surface area contributed by atoms with Gasteiger partial charge in [0.15, 0.2) is 11.5 Å². The second-order valence-electron chi connectivity index (χ2n) is 6.94. The Kier molecular flexibility index (Phi) is 5.80. The lowest BCUT2D eigenvalue weighted by Gasteiger charge is -2.11. The normalized spacial score (nSPS) is 10.7. The lowest BCUT2D eigenvalue weighted by molar-refractivity contribution is -0.116. The summed E-state index contributed by atoms with van der Waals surface area (Å²) in [6.07, 6.45) is 3.18. The Morgan fingerprint density at radius 1 is 0.938 bits per heavy atom. The molecule has 0 saturated heterocycles. The zero-order chi connectivity index (χ0) is 22.7. The van der Waals surface area contributed by atoms with Gasteiger partial charge in [-0.05, 0) is 42.5 Å². The third-order valence-electron chi connectivity index (χ3n) is 4.97. The summed E-state index contributed by atoms with van der Waals surface area (Å²) in [4.78, 5) is 25.4. The monoisotopic (exact) mass is 434 g/mol. The second kappa shape index (κ2) is 8.84. The smallest absolute Gasteiger partial charge is 0.277 e. The number of anilines is 1. The van der Waals surface area contributed by atoms with Gasteiger partial charge in [-0.15, -0.1) is 0 Å². The predicted molar refractivity (Wildman–Crippen MR) is 120 cm³/mol. The van der Waals surface area contributed by atoms with Gasteiger partial charge in [0.25, 0.3) is 5.56 Å². The average molecular weight is 434 g/mol. The second-order valence-corrected chi connectivity index (χ2v) is 6.94. The number of ether oxygens (including phenoxy) is 3. The minimum absolute atomic E-state index is 0.146. The number of amides is 1. The van der Waals surface area contributed by atoms with Crippen LogP contribution in [0.15, 0.2) is 65.7 Å². The van der Waals surface area contributed by atoms with Crippen LogP contribution in [-0.4, -0.2) is 41.4 Å². The Morgan fingerprint density at radius 2 is 1.69 bits per heavy atom. The molecule has 0 aliphatic carbocycles. The van der Waals surface area contributed by atoms with E-state index in [0.29, 0.717) is 28.4 Å². The third-order valence-corrected chi connectivity index (χ3v) is 4.97. The number of aromatic nitrogens is 3. The van der Waals surface area contributed by atoms with E-state index in [-0.39, 0.29) is 18.0 Å². The fourth-order valence-electron chi connectivity index (χ4n) is 3.32. The Bertz CT molecular complexity index is 1320. The molecule has 0 fully saturated rings.